The lowest BCUT2D eigenvalue weighted by Gasteiger charge is -2.32. The maximum Gasteiger partial charge on any atom is 0.253 e. The van der Waals surface area contributed by atoms with Crippen LogP contribution in [0.1, 0.15) is 45.8 Å². The maximum absolute atomic E-state index is 12.8. The van der Waals surface area contributed by atoms with Gasteiger partial charge in [0.05, 0.1) is 7.11 Å². The average Bonchev–Trinajstić information content (AvgIpc) is 2.64. The second kappa shape index (κ2) is 7.08. The van der Waals surface area contributed by atoms with Gasteiger partial charge in [0.2, 0.25) is 0 Å². The number of benzene rings is 2. The summed E-state index contributed by atoms with van der Waals surface area (Å²) in [7, 11) is 1.65. The SMILES string of the molecule is COc1cc(C(=O)N2CCC(c3ccccc3)CC2)cc(C)c1C. The van der Waals surface area contributed by atoms with E-state index in [-0.39, 0.29) is 5.91 Å². The van der Waals surface area contributed by atoms with Gasteiger partial charge in [-0.2, -0.15) is 0 Å². The van der Waals surface area contributed by atoms with Crippen molar-refractivity contribution in [3.8, 4) is 5.75 Å². The number of amides is 1. The van der Waals surface area contributed by atoms with Crippen LogP contribution in [0.5, 0.6) is 5.75 Å². The number of piperidine rings is 1. The van der Waals surface area contributed by atoms with Crippen LogP contribution in [0, 0.1) is 13.8 Å². The molecule has 1 saturated heterocycles. The molecule has 0 bridgehead atoms. The van der Waals surface area contributed by atoms with Crippen molar-refractivity contribution >= 4 is 5.91 Å². The van der Waals surface area contributed by atoms with Gasteiger partial charge in [-0.05, 0) is 61.4 Å². The predicted molar refractivity (Wildman–Crippen MR) is 96.8 cm³/mol. The summed E-state index contributed by atoms with van der Waals surface area (Å²) < 4.78 is 5.41. The molecule has 1 aliphatic rings. The van der Waals surface area contributed by atoms with E-state index in [0.29, 0.717) is 5.92 Å². The van der Waals surface area contributed by atoms with Crippen molar-refractivity contribution in [2.24, 2.45) is 0 Å². The highest BCUT2D eigenvalue weighted by atomic mass is 16.5. The van der Waals surface area contributed by atoms with Crippen molar-refractivity contribution in [3.05, 3.63) is 64.7 Å². The molecule has 0 unspecified atom stereocenters. The molecule has 3 nitrogen and oxygen atoms in total. The topological polar surface area (TPSA) is 29.5 Å². The van der Waals surface area contributed by atoms with Crippen molar-refractivity contribution in [3.63, 3.8) is 0 Å². The highest BCUT2D eigenvalue weighted by Gasteiger charge is 2.25. The standard InChI is InChI=1S/C21H25NO2/c1-15-13-19(14-20(24-3)16(15)2)21(23)22-11-9-18(10-12-22)17-7-5-4-6-8-17/h4-8,13-14,18H,9-12H2,1-3H3. The quantitative estimate of drug-likeness (QED) is 0.841. The third kappa shape index (κ3) is 3.30. The first-order valence-electron chi connectivity index (χ1n) is 8.59. The Hall–Kier alpha value is -2.29. The summed E-state index contributed by atoms with van der Waals surface area (Å²) in [6, 6.07) is 14.5. The number of hydrogen-bond acceptors (Lipinski definition) is 2. The lowest BCUT2D eigenvalue weighted by atomic mass is 9.89. The van der Waals surface area contributed by atoms with Gasteiger partial charge in [0.15, 0.2) is 0 Å². The van der Waals surface area contributed by atoms with Crippen LogP contribution >= 0.6 is 0 Å². The molecule has 126 valence electrons. The lowest BCUT2D eigenvalue weighted by Crippen LogP contribution is -2.38. The molecule has 1 amide bonds. The molecule has 0 N–H and O–H groups in total. The first-order valence-corrected chi connectivity index (χ1v) is 8.59. The van der Waals surface area contributed by atoms with Gasteiger partial charge in [-0.25, -0.2) is 0 Å². The Morgan fingerprint density at radius 2 is 1.75 bits per heavy atom. The van der Waals surface area contributed by atoms with Gasteiger partial charge >= 0.3 is 0 Å². The molecule has 0 saturated carbocycles. The van der Waals surface area contributed by atoms with Crippen molar-refractivity contribution in [2.45, 2.75) is 32.6 Å². The van der Waals surface area contributed by atoms with E-state index in [1.54, 1.807) is 7.11 Å². The fraction of sp³-hybridized carbons (Fsp3) is 0.381. The van der Waals surface area contributed by atoms with Gasteiger partial charge in [-0.3, -0.25) is 4.79 Å². The number of aryl methyl sites for hydroxylation is 1. The molecule has 0 aromatic heterocycles. The summed E-state index contributed by atoms with van der Waals surface area (Å²) in [5.74, 6) is 1.46. The summed E-state index contributed by atoms with van der Waals surface area (Å²) in [6.07, 6.45) is 2.05. The van der Waals surface area contributed by atoms with Crippen LogP contribution in [0.2, 0.25) is 0 Å². The minimum absolute atomic E-state index is 0.114. The van der Waals surface area contributed by atoms with E-state index in [4.69, 9.17) is 4.74 Å². The number of carbonyl (C=O) groups is 1. The molecule has 2 aromatic rings. The monoisotopic (exact) mass is 323 g/mol. The maximum atomic E-state index is 12.8. The van der Waals surface area contributed by atoms with E-state index in [0.717, 1.165) is 48.4 Å². The molecular formula is C21H25NO2. The number of hydrogen-bond donors (Lipinski definition) is 0. The van der Waals surface area contributed by atoms with Crippen LogP contribution in [-0.4, -0.2) is 31.0 Å². The van der Waals surface area contributed by atoms with Crippen molar-refractivity contribution in [1.82, 2.24) is 4.90 Å². The number of methoxy groups -OCH3 is 1. The minimum Gasteiger partial charge on any atom is -0.496 e. The van der Waals surface area contributed by atoms with Crippen LogP contribution in [0.25, 0.3) is 0 Å². The zero-order chi connectivity index (χ0) is 17.1. The Morgan fingerprint density at radius 3 is 2.38 bits per heavy atom. The fourth-order valence-corrected chi connectivity index (χ4v) is 3.49. The molecule has 3 heteroatoms. The van der Waals surface area contributed by atoms with E-state index in [9.17, 15) is 4.79 Å². The predicted octanol–water partition coefficient (Wildman–Crippen LogP) is 4.33. The van der Waals surface area contributed by atoms with Crippen molar-refractivity contribution < 1.29 is 9.53 Å². The molecule has 0 spiro atoms. The molecule has 0 radical (unpaired) electrons. The van der Waals surface area contributed by atoms with Crippen molar-refractivity contribution in [2.75, 3.05) is 20.2 Å². The Balaban J connectivity index is 1.70. The van der Waals surface area contributed by atoms with Crippen molar-refractivity contribution in [1.29, 1.82) is 0 Å². The van der Waals surface area contributed by atoms with E-state index < -0.39 is 0 Å². The summed E-state index contributed by atoms with van der Waals surface area (Å²) >= 11 is 0. The Labute approximate surface area is 144 Å². The average molecular weight is 323 g/mol. The lowest BCUT2D eigenvalue weighted by molar-refractivity contribution is 0.0712. The zero-order valence-corrected chi connectivity index (χ0v) is 14.7. The van der Waals surface area contributed by atoms with Gasteiger partial charge in [0.1, 0.15) is 5.75 Å². The zero-order valence-electron chi connectivity index (χ0n) is 14.7. The molecule has 3 rings (SSSR count). The Morgan fingerprint density at radius 1 is 1.08 bits per heavy atom. The second-order valence-corrected chi connectivity index (χ2v) is 6.60. The number of ether oxygens (including phenoxy) is 1. The van der Waals surface area contributed by atoms with E-state index in [2.05, 4.69) is 30.3 Å². The third-order valence-corrected chi connectivity index (χ3v) is 5.14. The third-order valence-electron chi connectivity index (χ3n) is 5.14. The van der Waals surface area contributed by atoms with Crippen LogP contribution in [0.4, 0.5) is 0 Å². The van der Waals surface area contributed by atoms with E-state index in [1.165, 1.54) is 5.56 Å². The molecule has 24 heavy (non-hydrogen) atoms. The van der Waals surface area contributed by atoms with Gasteiger partial charge in [0.25, 0.3) is 5.91 Å². The Kier molecular flexibility index (Phi) is 4.89. The highest BCUT2D eigenvalue weighted by molar-refractivity contribution is 5.95. The first kappa shape index (κ1) is 16.6. The summed E-state index contributed by atoms with van der Waals surface area (Å²) in [5, 5.41) is 0. The fourth-order valence-electron chi connectivity index (χ4n) is 3.49. The molecular weight excluding hydrogens is 298 g/mol. The van der Waals surface area contributed by atoms with Crippen LogP contribution in [-0.2, 0) is 0 Å². The molecule has 1 heterocycles. The Bertz CT molecular complexity index is 716. The molecule has 0 aliphatic carbocycles. The van der Waals surface area contributed by atoms with Gasteiger partial charge in [-0.15, -0.1) is 0 Å². The largest absolute Gasteiger partial charge is 0.496 e. The molecule has 1 fully saturated rings. The van der Waals surface area contributed by atoms with E-state index >= 15 is 0 Å². The summed E-state index contributed by atoms with van der Waals surface area (Å²) in [6.45, 7) is 5.67. The molecule has 0 atom stereocenters. The van der Waals surface area contributed by atoms with Crippen LogP contribution < -0.4 is 4.74 Å². The van der Waals surface area contributed by atoms with Gasteiger partial charge in [-0.1, -0.05) is 30.3 Å². The molecule has 1 aliphatic heterocycles. The van der Waals surface area contributed by atoms with Gasteiger partial charge in [0, 0.05) is 18.7 Å². The normalized spacial score (nSPS) is 15.4. The van der Waals surface area contributed by atoms with Gasteiger partial charge < -0.3 is 9.64 Å². The highest BCUT2D eigenvalue weighted by Crippen LogP contribution is 2.29. The number of rotatable bonds is 3. The summed E-state index contributed by atoms with van der Waals surface area (Å²) in [4.78, 5) is 14.8. The number of carbonyl (C=O) groups excluding carboxylic acids is 1. The van der Waals surface area contributed by atoms with Crippen LogP contribution in [0.15, 0.2) is 42.5 Å². The first-order chi connectivity index (χ1) is 11.6. The smallest absolute Gasteiger partial charge is 0.253 e. The number of nitrogens with zero attached hydrogens (tertiary/aromatic N) is 1. The van der Waals surface area contributed by atoms with Crippen LogP contribution in [0.3, 0.4) is 0 Å². The number of likely N-dealkylation sites (tertiary alicyclic amines) is 1. The second-order valence-electron chi connectivity index (χ2n) is 6.60. The summed E-state index contributed by atoms with van der Waals surface area (Å²) in [5.41, 5.74) is 4.30. The van der Waals surface area contributed by atoms with E-state index in [1.807, 2.05) is 30.9 Å². The minimum atomic E-state index is 0.114. The molecule has 2 aromatic carbocycles.